The van der Waals surface area contributed by atoms with Gasteiger partial charge in [-0.3, -0.25) is 0 Å². The maximum atomic E-state index is 13.0. The zero-order valence-electron chi connectivity index (χ0n) is 16.5. The summed E-state index contributed by atoms with van der Waals surface area (Å²) >= 11 is 1.71. The number of hydrogen-bond donors (Lipinski definition) is 1. The molecule has 5 nitrogen and oxygen atoms in total. The summed E-state index contributed by atoms with van der Waals surface area (Å²) in [5.41, 5.74) is 4.30. The van der Waals surface area contributed by atoms with E-state index in [4.69, 9.17) is 4.74 Å². The van der Waals surface area contributed by atoms with Crippen molar-refractivity contribution >= 4 is 17.4 Å². The first-order valence-electron chi connectivity index (χ1n) is 9.67. The fraction of sp³-hybridized carbons (Fsp3) is 0.524. The molecule has 0 atom stereocenters. The summed E-state index contributed by atoms with van der Waals surface area (Å²) in [4.78, 5) is 17.5. The molecule has 6 heteroatoms. The number of aromatic nitrogens is 1. The van der Waals surface area contributed by atoms with Crippen molar-refractivity contribution in [3.8, 4) is 0 Å². The molecule has 1 N–H and O–H groups in total. The Morgan fingerprint density at radius 3 is 2.56 bits per heavy atom. The molecule has 2 heterocycles. The predicted molar refractivity (Wildman–Crippen MR) is 108 cm³/mol. The highest BCUT2D eigenvalue weighted by atomic mass is 32.1. The average Bonchev–Trinajstić information content (AvgIpc) is 3.16. The Morgan fingerprint density at radius 2 is 1.96 bits per heavy atom. The minimum Gasteiger partial charge on any atom is -0.413 e. The summed E-state index contributed by atoms with van der Waals surface area (Å²) in [6.45, 7) is 7.97. The molecule has 146 valence electrons. The number of nitrogens with zero attached hydrogens (tertiary/aromatic N) is 2. The average molecular weight is 389 g/mol. The quantitative estimate of drug-likeness (QED) is 0.765. The van der Waals surface area contributed by atoms with Gasteiger partial charge in [0.05, 0.1) is 5.01 Å². The second kappa shape index (κ2) is 8.50. The number of ether oxygens (including phenoxy) is 1. The summed E-state index contributed by atoms with van der Waals surface area (Å²) < 4.78 is 5.97. The zero-order valence-corrected chi connectivity index (χ0v) is 17.3. The molecule has 0 spiro atoms. The first-order chi connectivity index (χ1) is 12.9. The highest BCUT2D eigenvalue weighted by Crippen LogP contribution is 2.32. The fourth-order valence-corrected chi connectivity index (χ4v) is 4.32. The van der Waals surface area contributed by atoms with Crippen LogP contribution >= 0.6 is 11.3 Å². The van der Waals surface area contributed by atoms with Crippen LogP contribution in [-0.4, -0.2) is 40.9 Å². The lowest BCUT2D eigenvalue weighted by atomic mass is 9.97. The molecule has 0 aliphatic carbocycles. The number of carbonyl (C=O) groups excluding carboxylic acids is 1. The van der Waals surface area contributed by atoms with Gasteiger partial charge in [-0.25, -0.2) is 4.98 Å². The van der Waals surface area contributed by atoms with Gasteiger partial charge >= 0.3 is 6.09 Å². The first-order valence-corrected chi connectivity index (χ1v) is 10.5. The van der Waals surface area contributed by atoms with Crippen LogP contribution in [0.2, 0.25) is 0 Å². The minimum absolute atomic E-state index is 0.173. The highest BCUT2D eigenvalue weighted by molar-refractivity contribution is 7.09. The molecule has 1 aromatic heterocycles. The molecule has 0 unspecified atom stereocenters. The van der Waals surface area contributed by atoms with Gasteiger partial charge in [0.1, 0.15) is 18.7 Å². The number of likely N-dealkylation sites (tertiary alicyclic amines) is 1. The number of quaternary nitrogens is 1. The Kier molecular flexibility index (Phi) is 6.29. The Bertz CT molecular complexity index is 718. The maximum Gasteiger partial charge on any atom is 0.536 e. The summed E-state index contributed by atoms with van der Waals surface area (Å²) in [6.07, 6.45) is 4.45. The van der Waals surface area contributed by atoms with E-state index in [1.165, 1.54) is 10.6 Å². The lowest BCUT2D eigenvalue weighted by molar-refractivity contribution is -0.907. The molecule has 0 bridgehead atoms. The van der Waals surface area contributed by atoms with E-state index in [2.05, 4.69) is 22.5 Å². The molecule has 3 rings (SSSR count). The van der Waals surface area contributed by atoms with Gasteiger partial charge in [0.15, 0.2) is 0 Å². The normalized spacial score (nSPS) is 23.1. The van der Waals surface area contributed by atoms with E-state index in [1.54, 1.807) is 11.3 Å². The summed E-state index contributed by atoms with van der Waals surface area (Å²) in [7, 11) is 0. The molecule has 1 amide bonds. The van der Waals surface area contributed by atoms with Crippen LogP contribution in [0, 0.1) is 0 Å². The number of piperidine rings is 1. The van der Waals surface area contributed by atoms with Crippen molar-refractivity contribution in [1.82, 2.24) is 10.4 Å². The number of benzene rings is 1. The van der Waals surface area contributed by atoms with E-state index >= 15 is 0 Å². The Balaban J connectivity index is 1.67. The molecule has 1 aliphatic heterocycles. The van der Waals surface area contributed by atoms with Crippen molar-refractivity contribution in [2.75, 3.05) is 19.6 Å². The van der Waals surface area contributed by atoms with Crippen molar-refractivity contribution in [3.05, 3.63) is 52.5 Å². The van der Waals surface area contributed by atoms with Gasteiger partial charge in [-0.1, -0.05) is 30.3 Å². The van der Waals surface area contributed by atoms with Crippen molar-refractivity contribution in [2.45, 2.75) is 51.6 Å². The Hall–Kier alpha value is -1.76. The van der Waals surface area contributed by atoms with E-state index in [0.717, 1.165) is 38.9 Å². The van der Waals surface area contributed by atoms with Gasteiger partial charge in [0.25, 0.3) is 0 Å². The van der Waals surface area contributed by atoms with Crippen molar-refractivity contribution < 1.29 is 14.1 Å². The molecule has 2 aromatic rings. The van der Waals surface area contributed by atoms with Gasteiger partial charge in [-0.15, -0.1) is 15.9 Å². The number of nitrogens with one attached hydrogen (secondary N) is 1. The van der Waals surface area contributed by atoms with Crippen LogP contribution in [0.5, 0.6) is 0 Å². The number of rotatable bonds is 5. The van der Waals surface area contributed by atoms with Crippen LogP contribution in [0.4, 0.5) is 4.79 Å². The van der Waals surface area contributed by atoms with Crippen LogP contribution in [0.15, 0.2) is 41.9 Å². The van der Waals surface area contributed by atoms with Gasteiger partial charge in [-0.2, -0.15) is 10.2 Å². The number of thiazole rings is 1. The fourth-order valence-electron chi connectivity index (χ4n) is 3.51. The second-order valence-corrected chi connectivity index (χ2v) is 9.11. The zero-order chi connectivity index (χ0) is 19.3. The van der Waals surface area contributed by atoms with Gasteiger partial charge in [0.2, 0.25) is 0 Å². The van der Waals surface area contributed by atoms with Gasteiger partial charge in [-0.05, 0) is 32.8 Å². The Labute approximate surface area is 165 Å². The van der Waals surface area contributed by atoms with Crippen LogP contribution in [0.25, 0.3) is 0 Å². The standard InChI is InChI=1S/C21H30N3O2S/c1-21(2,3)26-20(25)24(23-12-9-17-7-5-4-6-8-17)14-10-18(11-15-24)19-22-13-16-27-19/h4-8,13,16,18,23H,9-12,14-15H2,1-3H3/q+1. The predicted octanol–water partition coefficient (Wildman–Crippen LogP) is 4.52. The van der Waals surface area contributed by atoms with Crippen LogP contribution < -0.4 is 5.43 Å². The van der Waals surface area contributed by atoms with E-state index in [1.807, 2.05) is 50.5 Å². The summed E-state index contributed by atoms with van der Waals surface area (Å²) in [5, 5.41) is 3.21. The number of carbonyl (C=O) groups is 1. The molecule has 0 saturated carbocycles. The third-order valence-electron chi connectivity index (χ3n) is 4.93. The lowest BCUT2D eigenvalue weighted by Gasteiger charge is -2.40. The smallest absolute Gasteiger partial charge is 0.413 e. The monoisotopic (exact) mass is 388 g/mol. The van der Waals surface area contributed by atoms with Crippen LogP contribution in [0.3, 0.4) is 0 Å². The van der Waals surface area contributed by atoms with E-state index in [0.29, 0.717) is 5.92 Å². The van der Waals surface area contributed by atoms with Crippen molar-refractivity contribution in [3.63, 3.8) is 0 Å². The largest absolute Gasteiger partial charge is 0.536 e. The van der Waals surface area contributed by atoms with Crippen molar-refractivity contribution in [1.29, 1.82) is 0 Å². The molecule has 27 heavy (non-hydrogen) atoms. The van der Waals surface area contributed by atoms with Gasteiger partial charge < -0.3 is 4.74 Å². The van der Waals surface area contributed by atoms with Crippen LogP contribution in [-0.2, 0) is 11.2 Å². The van der Waals surface area contributed by atoms with E-state index in [-0.39, 0.29) is 10.7 Å². The number of amides is 1. The maximum absolute atomic E-state index is 13.0. The molecule has 1 saturated heterocycles. The molecular weight excluding hydrogens is 358 g/mol. The lowest BCUT2D eigenvalue weighted by Crippen LogP contribution is -2.66. The summed E-state index contributed by atoms with van der Waals surface area (Å²) in [6, 6.07) is 10.4. The molecule has 1 fully saturated rings. The van der Waals surface area contributed by atoms with E-state index < -0.39 is 5.60 Å². The molecule has 0 radical (unpaired) electrons. The number of hydrogen-bond acceptors (Lipinski definition) is 5. The minimum atomic E-state index is -0.490. The molecular formula is C21H30N3O2S+. The highest BCUT2D eigenvalue weighted by Gasteiger charge is 2.45. The summed E-state index contributed by atoms with van der Waals surface area (Å²) in [5.74, 6) is 0.439. The topological polar surface area (TPSA) is 51.2 Å². The molecule has 1 aromatic carbocycles. The molecule has 1 aliphatic rings. The van der Waals surface area contributed by atoms with Gasteiger partial charge in [0, 0.05) is 36.9 Å². The first kappa shape index (κ1) is 20.0. The third kappa shape index (κ3) is 5.37. The van der Waals surface area contributed by atoms with E-state index in [9.17, 15) is 4.79 Å². The van der Waals surface area contributed by atoms with Crippen molar-refractivity contribution in [2.24, 2.45) is 0 Å². The third-order valence-corrected chi connectivity index (χ3v) is 5.87. The SMILES string of the molecule is CC(C)(C)OC(=O)[N+]1(NCCc2ccccc2)CCC(c2nccs2)CC1. The second-order valence-electron chi connectivity index (χ2n) is 8.18. The van der Waals surface area contributed by atoms with Crippen LogP contribution in [0.1, 0.15) is 50.1 Å². The Morgan fingerprint density at radius 1 is 1.26 bits per heavy atom.